The fourth-order valence-electron chi connectivity index (χ4n) is 6.09. The van der Waals surface area contributed by atoms with Gasteiger partial charge in [0.2, 0.25) is 5.43 Å². The molecule has 0 spiro atoms. The molecule has 0 radical (unpaired) electrons. The molecule has 1 N–H and O–H groups in total. The van der Waals surface area contributed by atoms with Gasteiger partial charge in [-0.25, -0.2) is 0 Å². The number of anilines is 1. The summed E-state index contributed by atoms with van der Waals surface area (Å²) in [7, 11) is 0. The standard InChI is InChI=1S/C43H66N2O4/c1-4-7-10-12-14-16-18-20-22-24-31-48-41-33-37(43(47)45-39-29-27-36(35-44)28-30-40(39)46)34-42(38(41)26-9-6-3)49-32-25-23-21-19-17-15-13-11-8-5-2/h27-30,33-34H,4-26,31-32H2,1-3H3,(H,45,46,47). The number of nitrogens with one attached hydrogen (secondary N) is 1. The van der Waals surface area contributed by atoms with Crippen molar-refractivity contribution in [1.82, 2.24) is 0 Å². The fourth-order valence-corrected chi connectivity index (χ4v) is 6.09. The second-order valence-electron chi connectivity index (χ2n) is 13.6. The minimum atomic E-state index is -0.406. The van der Waals surface area contributed by atoms with Crippen LogP contribution in [0.25, 0.3) is 0 Å². The highest BCUT2D eigenvalue weighted by Gasteiger charge is 2.18. The average Bonchev–Trinajstić information content (AvgIpc) is 3.29. The number of carbonyl (C=O) groups is 1. The Kier molecular flexibility index (Phi) is 23.5. The fraction of sp³-hybridized carbons (Fsp3) is 0.651. The van der Waals surface area contributed by atoms with Gasteiger partial charge in [-0.15, -0.1) is 0 Å². The van der Waals surface area contributed by atoms with Crippen molar-refractivity contribution in [3.8, 4) is 17.6 Å². The Bertz CT molecular complexity index is 1240. The lowest BCUT2D eigenvalue weighted by molar-refractivity contribution is 0.102. The van der Waals surface area contributed by atoms with Crippen LogP contribution in [0, 0.1) is 11.3 Å². The average molecular weight is 675 g/mol. The molecule has 49 heavy (non-hydrogen) atoms. The van der Waals surface area contributed by atoms with Crippen LogP contribution in [-0.2, 0) is 6.42 Å². The van der Waals surface area contributed by atoms with Gasteiger partial charge >= 0.3 is 0 Å². The number of nitriles is 1. The number of nitrogens with zero attached hydrogens (tertiary/aromatic N) is 1. The maximum absolute atomic E-state index is 13.5. The van der Waals surface area contributed by atoms with E-state index in [1.54, 1.807) is 12.1 Å². The SMILES string of the molecule is CCCCCCCCCCCCOc1cc(C(=O)Nc2ccc(C#N)ccc2=O)cc(OCCCCCCCCCCCC)c1CCCC. The molecule has 2 rings (SSSR count). The van der Waals surface area contributed by atoms with Gasteiger partial charge in [0.25, 0.3) is 5.91 Å². The summed E-state index contributed by atoms with van der Waals surface area (Å²) < 4.78 is 12.8. The second-order valence-corrected chi connectivity index (χ2v) is 13.6. The van der Waals surface area contributed by atoms with Gasteiger partial charge in [0.05, 0.1) is 30.5 Å². The van der Waals surface area contributed by atoms with Gasteiger partial charge in [-0.3, -0.25) is 9.59 Å². The molecule has 0 heterocycles. The van der Waals surface area contributed by atoms with E-state index >= 15 is 0 Å². The third kappa shape index (κ3) is 18.3. The smallest absolute Gasteiger partial charge is 0.256 e. The molecule has 0 atom stereocenters. The molecule has 0 aliphatic carbocycles. The maximum atomic E-state index is 13.5. The zero-order valence-electron chi connectivity index (χ0n) is 31.2. The highest BCUT2D eigenvalue weighted by atomic mass is 16.5. The molecule has 6 nitrogen and oxygen atoms in total. The summed E-state index contributed by atoms with van der Waals surface area (Å²) in [5.74, 6) is 0.988. The lowest BCUT2D eigenvalue weighted by atomic mass is 10.0. The van der Waals surface area contributed by atoms with E-state index in [9.17, 15) is 14.9 Å². The first-order valence-electron chi connectivity index (χ1n) is 19.8. The first-order chi connectivity index (χ1) is 24.0. The molecule has 0 aliphatic rings. The van der Waals surface area contributed by atoms with E-state index in [1.165, 1.54) is 127 Å². The lowest BCUT2D eigenvalue weighted by Gasteiger charge is -2.18. The molecular weight excluding hydrogens is 608 g/mol. The van der Waals surface area contributed by atoms with Crippen molar-refractivity contribution in [3.63, 3.8) is 0 Å². The third-order valence-electron chi connectivity index (χ3n) is 9.21. The van der Waals surface area contributed by atoms with Gasteiger partial charge in [-0.1, -0.05) is 143 Å². The van der Waals surface area contributed by atoms with Crippen molar-refractivity contribution in [3.05, 3.63) is 63.3 Å². The molecule has 0 saturated heterocycles. The number of hydrogen-bond acceptors (Lipinski definition) is 5. The molecular formula is C43H66N2O4. The number of unbranched alkanes of at least 4 members (excludes halogenated alkanes) is 19. The van der Waals surface area contributed by atoms with E-state index < -0.39 is 5.91 Å². The predicted molar refractivity (Wildman–Crippen MR) is 205 cm³/mol. The molecule has 6 heteroatoms. The van der Waals surface area contributed by atoms with Crippen LogP contribution < -0.4 is 20.2 Å². The number of ether oxygens (including phenoxy) is 2. The number of carbonyl (C=O) groups excluding carboxylic acids is 1. The lowest BCUT2D eigenvalue weighted by Crippen LogP contribution is -2.17. The largest absolute Gasteiger partial charge is 0.493 e. The second kappa shape index (κ2) is 27.5. The van der Waals surface area contributed by atoms with Crippen LogP contribution in [0.5, 0.6) is 11.5 Å². The predicted octanol–water partition coefficient (Wildman–Crippen LogP) is 12.1. The van der Waals surface area contributed by atoms with Crippen LogP contribution in [0.15, 0.2) is 41.2 Å². The summed E-state index contributed by atoms with van der Waals surface area (Å²) in [6.07, 6.45) is 28.0. The first-order valence-corrected chi connectivity index (χ1v) is 19.8. The Hall–Kier alpha value is -3.33. The molecule has 0 saturated carbocycles. The van der Waals surface area contributed by atoms with Crippen molar-refractivity contribution in [2.75, 3.05) is 18.5 Å². The van der Waals surface area contributed by atoms with Gasteiger partial charge in [-0.2, -0.15) is 5.26 Å². The minimum absolute atomic E-state index is 0.127. The monoisotopic (exact) mass is 675 g/mol. The summed E-state index contributed by atoms with van der Waals surface area (Å²) in [6.45, 7) is 7.87. The number of hydrogen-bond donors (Lipinski definition) is 1. The van der Waals surface area contributed by atoms with Crippen molar-refractivity contribution in [2.45, 2.75) is 168 Å². The van der Waals surface area contributed by atoms with E-state index in [0.717, 1.165) is 50.5 Å². The molecule has 0 bridgehead atoms. The minimum Gasteiger partial charge on any atom is -0.493 e. The van der Waals surface area contributed by atoms with Crippen molar-refractivity contribution < 1.29 is 14.3 Å². The topological polar surface area (TPSA) is 88.4 Å². The Morgan fingerprint density at radius 3 is 1.49 bits per heavy atom. The molecule has 2 aromatic carbocycles. The normalized spacial score (nSPS) is 10.9. The third-order valence-corrected chi connectivity index (χ3v) is 9.21. The van der Waals surface area contributed by atoms with Crippen LogP contribution in [0.1, 0.15) is 184 Å². The van der Waals surface area contributed by atoms with Gasteiger partial charge in [0.1, 0.15) is 11.5 Å². The van der Waals surface area contributed by atoms with Gasteiger partial charge < -0.3 is 14.8 Å². The summed E-state index contributed by atoms with van der Waals surface area (Å²) in [6, 6.07) is 11.4. The van der Waals surface area contributed by atoms with Gasteiger partial charge in [0.15, 0.2) is 0 Å². The molecule has 0 aromatic heterocycles. The maximum Gasteiger partial charge on any atom is 0.256 e. The Morgan fingerprint density at radius 2 is 1.04 bits per heavy atom. The van der Waals surface area contributed by atoms with E-state index in [0.29, 0.717) is 35.8 Å². The van der Waals surface area contributed by atoms with Crippen LogP contribution in [-0.4, -0.2) is 19.1 Å². The Labute approximate surface area is 298 Å². The summed E-state index contributed by atoms with van der Waals surface area (Å²) in [5.41, 5.74) is 1.53. The molecule has 2 aromatic rings. The molecule has 1 amide bonds. The van der Waals surface area contributed by atoms with E-state index in [4.69, 9.17) is 9.47 Å². The number of benzene rings is 1. The zero-order valence-corrected chi connectivity index (χ0v) is 31.2. The van der Waals surface area contributed by atoms with Crippen molar-refractivity contribution in [1.29, 1.82) is 5.26 Å². The Balaban J connectivity index is 2.09. The summed E-state index contributed by atoms with van der Waals surface area (Å²) in [4.78, 5) is 26.2. The quantitative estimate of drug-likeness (QED) is 0.0868. The van der Waals surface area contributed by atoms with Gasteiger partial charge in [-0.05, 0) is 62.1 Å². The highest BCUT2D eigenvalue weighted by molar-refractivity contribution is 6.05. The number of amides is 1. The van der Waals surface area contributed by atoms with Crippen LogP contribution >= 0.6 is 0 Å². The van der Waals surface area contributed by atoms with Gasteiger partial charge in [0, 0.05) is 11.1 Å². The van der Waals surface area contributed by atoms with E-state index in [-0.39, 0.29) is 11.1 Å². The molecule has 0 unspecified atom stereocenters. The summed E-state index contributed by atoms with van der Waals surface area (Å²) in [5, 5.41) is 12.0. The molecule has 0 fully saturated rings. The van der Waals surface area contributed by atoms with Crippen molar-refractivity contribution in [2.24, 2.45) is 0 Å². The van der Waals surface area contributed by atoms with Crippen LogP contribution in [0.2, 0.25) is 0 Å². The van der Waals surface area contributed by atoms with Crippen LogP contribution in [0.3, 0.4) is 0 Å². The zero-order chi connectivity index (χ0) is 35.4. The van der Waals surface area contributed by atoms with Crippen molar-refractivity contribution >= 4 is 11.6 Å². The van der Waals surface area contributed by atoms with E-state index in [2.05, 4.69) is 26.1 Å². The first kappa shape index (κ1) is 41.8. The molecule has 272 valence electrons. The van der Waals surface area contributed by atoms with Crippen LogP contribution in [0.4, 0.5) is 5.69 Å². The summed E-state index contributed by atoms with van der Waals surface area (Å²) >= 11 is 0. The number of rotatable bonds is 29. The molecule has 0 aliphatic heterocycles. The highest BCUT2D eigenvalue weighted by Crippen LogP contribution is 2.33. The van der Waals surface area contributed by atoms with E-state index in [1.807, 2.05) is 6.07 Å². The Morgan fingerprint density at radius 1 is 0.612 bits per heavy atom.